The van der Waals surface area contributed by atoms with Crippen molar-refractivity contribution >= 4 is 51.7 Å². The van der Waals surface area contributed by atoms with Crippen molar-refractivity contribution in [2.75, 3.05) is 10.6 Å². The van der Waals surface area contributed by atoms with Gasteiger partial charge in [-0.25, -0.2) is 9.18 Å². The fourth-order valence-electron chi connectivity index (χ4n) is 3.56. The Hall–Kier alpha value is -4.17. The number of fused-ring (bicyclic) bond motifs is 1. The second kappa shape index (κ2) is 10.4. The van der Waals surface area contributed by atoms with Crippen LogP contribution in [-0.4, -0.2) is 28.1 Å². The number of carboxylic acids is 1. The van der Waals surface area contributed by atoms with E-state index < -0.39 is 17.1 Å². The predicted octanol–water partition coefficient (Wildman–Crippen LogP) is 6.05. The summed E-state index contributed by atoms with van der Waals surface area (Å²) in [6.07, 6.45) is 0. The number of nitrogens with one attached hydrogen (secondary N) is 2. The van der Waals surface area contributed by atoms with Gasteiger partial charge in [0.05, 0.1) is 10.8 Å². The molecule has 2 amide bonds. The molecule has 4 rings (SSSR count). The molecule has 0 spiro atoms. The maximum atomic E-state index is 13.0. The lowest BCUT2D eigenvalue weighted by Crippen LogP contribution is -2.22. The van der Waals surface area contributed by atoms with Gasteiger partial charge in [0.25, 0.3) is 5.91 Å². The van der Waals surface area contributed by atoms with Crippen molar-refractivity contribution in [2.24, 2.45) is 0 Å². The third kappa shape index (κ3) is 5.67. The molecule has 6 nitrogen and oxygen atoms in total. The predicted molar refractivity (Wildman–Crippen MR) is 136 cm³/mol. The van der Waals surface area contributed by atoms with Gasteiger partial charge in [0.1, 0.15) is 5.82 Å². The number of hydrogen-bond donors (Lipinski definition) is 3. The van der Waals surface area contributed by atoms with Crippen molar-refractivity contribution in [3.8, 4) is 0 Å². The molecular formula is C27H21FN2O4S. The number of aromatic carboxylic acids is 1. The van der Waals surface area contributed by atoms with Gasteiger partial charge in [-0.1, -0.05) is 24.3 Å². The monoisotopic (exact) mass is 488 g/mol. The molecule has 1 unspecified atom stereocenters. The number of thioether (sulfide) groups is 1. The van der Waals surface area contributed by atoms with E-state index in [4.69, 9.17) is 0 Å². The van der Waals surface area contributed by atoms with E-state index in [-0.39, 0.29) is 22.9 Å². The molecule has 1 atom stereocenters. The van der Waals surface area contributed by atoms with E-state index >= 15 is 0 Å². The smallest absolute Gasteiger partial charge is 0.336 e. The topological polar surface area (TPSA) is 95.5 Å². The third-order valence-corrected chi connectivity index (χ3v) is 6.40. The summed E-state index contributed by atoms with van der Waals surface area (Å²) in [5.41, 5.74) is 1.38. The van der Waals surface area contributed by atoms with Crippen molar-refractivity contribution in [3.63, 3.8) is 0 Å². The van der Waals surface area contributed by atoms with Gasteiger partial charge >= 0.3 is 5.97 Å². The summed E-state index contributed by atoms with van der Waals surface area (Å²) in [5.74, 6) is -2.11. The number of rotatable bonds is 7. The molecule has 3 N–H and O–H groups in total. The molecule has 0 aliphatic rings. The van der Waals surface area contributed by atoms with Gasteiger partial charge in [-0.15, -0.1) is 11.8 Å². The van der Waals surface area contributed by atoms with E-state index in [1.807, 2.05) is 0 Å². The Balaban J connectivity index is 1.43. The van der Waals surface area contributed by atoms with Gasteiger partial charge in [0.2, 0.25) is 5.91 Å². The quantitative estimate of drug-likeness (QED) is 0.275. The van der Waals surface area contributed by atoms with Crippen LogP contribution in [0.5, 0.6) is 0 Å². The molecule has 8 heteroatoms. The van der Waals surface area contributed by atoms with Gasteiger partial charge < -0.3 is 15.7 Å². The summed E-state index contributed by atoms with van der Waals surface area (Å²) in [4.78, 5) is 37.9. The van der Waals surface area contributed by atoms with Gasteiger partial charge in [-0.3, -0.25) is 9.59 Å². The molecule has 0 heterocycles. The summed E-state index contributed by atoms with van der Waals surface area (Å²) < 4.78 is 13.0. The lowest BCUT2D eigenvalue weighted by molar-refractivity contribution is -0.115. The molecule has 0 saturated carbocycles. The van der Waals surface area contributed by atoms with Crippen LogP contribution in [-0.2, 0) is 4.79 Å². The summed E-state index contributed by atoms with van der Waals surface area (Å²) in [7, 11) is 0. The molecule has 0 saturated heterocycles. The van der Waals surface area contributed by atoms with Gasteiger partial charge in [0, 0.05) is 27.2 Å². The number of hydrogen-bond acceptors (Lipinski definition) is 4. The summed E-state index contributed by atoms with van der Waals surface area (Å²) in [6, 6.07) is 22.5. The lowest BCUT2D eigenvalue weighted by Gasteiger charge is -2.13. The van der Waals surface area contributed by atoms with Crippen LogP contribution in [0.1, 0.15) is 27.6 Å². The second-order valence-corrected chi connectivity index (χ2v) is 9.16. The van der Waals surface area contributed by atoms with Crippen LogP contribution in [0.3, 0.4) is 0 Å². The summed E-state index contributed by atoms with van der Waals surface area (Å²) >= 11 is 1.34. The molecule has 0 radical (unpaired) electrons. The molecule has 0 aromatic heterocycles. The second-order valence-electron chi connectivity index (χ2n) is 7.75. The van der Waals surface area contributed by atoms with Crippen LogP contribution in [0.25, 0.3) is 10.8 Å². The first-order valence-corrected chi connectivity index (χ1v) is 11.6. The maximum Gasteiger partial charge on any atom is 0.336 e. The van der Waals surface area contributed by atoms with Crippen LogP contribution in [0, 0.1) is 5.82 Å². The van der Waals surface area contributed by atoms with Crippen molar-refractivity contribution in [1.82, 2.24) is 0 Å². The minimum absolute atomic E-state index is 0.0629. The van der Waals surface area contributed by atoms with E-state index in [9.17, 15) is 23.9 Å². The van der Waals surface area contributed by atoms with Crippen molar-refractivity contribution in [3.05, 3.63) is 102 Å². The number of carbonyl (C=O) groups is 3. The normalized spacial score (nSPS) is 11.6. The molecule has 176 valence electrons. The number of carboxylic acid groups (broad SMARTS) is 1. The Morgan fingerprint density at radius 3 is 2.00 bits per heavy atom. The Labute approximate surface area is 205 Å². The minimum atomic E-state index is -1.10. The highest BCUT2D eigenvalue weighted by molar-refractivity contribution is 8.00. The Morgan fingerprint density at radius 2 is 1.37 bits per heavy atom. The van der Waals surface area contributed by atoms with Crippen LogP contribution < -0.4 is 10.6 Å². The number of anilines is 2. The van der Waals surface area contributed by atoms with E-state index in [1.54, 1.807) is 61.5 Å². The van der Waals surface area contributed by atoms with Crippen LogP contribution in [0.2, 0.25) is 0 Å². The Bertz CT molecular complexity index is 1400. The molecular weight excluding hydrogens is 467 g/mol. The maximum absolute atomic E-state index is 13.0. The lowest BCUT2D eigenvalue weighted by atomic mass is 9.98. The average molecular weight is 489 g/mol. The Morgan fingerprint density at radius 1 is 0.800 bits per heavy atom. The number of carbonyl (C=O) groups excluding carboxylic acids is 2. The van der Waals surface area contributed by atoms with Crippen LogP contribution >= 0.6 is 11.8 Å². The van der Waals surface area contributed by atoms with E-state index in [1.165, 1.54) is 42.1 Å². The zero-order valence-electron chi connectivity index (χ0n) is 18.6. The molecule has 0 aliphatic carbocycles. The first kappa shape index (κ1) is 24.0. The van der Waals surface area contributed by atoms with E-state index in [0.717, 1.165) is 4.90 Å². The molecule has 4 aromatic carbocycles. The molecule has 35 heavy (non-hydrogen) atoms. The highest BCUT2D eigenvalue weighted by Crippen LogP contribution is 2.27. The highest BCUT2D eigenvalue weighted by Gasteiger charge is 2.17. The molecule has 0 bridgehead atoms. The summed E-state index contributed by atoms with van der Waals surface area (Å²) in [5, 5.41) is 15.7. The van der Waals surface area contributed by atoms with E-state index in [2.05, 4.69) is 10.6 Å². The number of benzene rings is 4. The highest BCUT2D eigenvalue weighted by atomic mass is 32.2. The molecule has 0 fully saturated rings. The fraction of sp³-hybridized carbons (Fsp3) is 0.0741. The number of amides is 2. The molecule has 0 aliphatic heterocycles. The summed E-state index contributed by atoms with van der Waals surface area (Å²) in [6.45, 7) is 1.76. The molecule has 4 aromatic rings. The zero-order valence-corrected chi connectivity index (χ0v) is 19.4. The average Bonchev–Trinajstić information content (AvgIpc) is 2.85. The first-order chi connectivity index (χ1) is 16.8. The third-order valence-electron chi connectivity index (χ3n) is 5.29. The Kier molecular flexibility index (Phi) is 7.12. The van der Waals surface area contributed by atoms with Gasteiger partial charge in [0.15, 0.2) is 0 Å². The van der Waals surface area contributed by atoms with Gasteiger partial charge in [-0.2, -0.15) is 0 Å². The first-order valence-electron chi connectivity index (χ1n) is 10.7. The van der Waals surface area contributed by atoms with E-state index in [0.29, 0.717) is 22.1 Å². The van der Waals surface area contributed by atoms with Crippen LogP contribution in [0.15, 0.2) is 89.8 Å². The zero-order chi connectivity index (χ0) is 24.9. The fourth-order valence-corrected chi connectivity index (χ4v) is 4.43. The van der Waals surface area contributed by atoms with Crippen LogP contribution in [0.4, 0.5) is 15.8 Å². The van der Waals surface area contributed by atoms with Gasteiger partial charge in [-0.05, 0) is 73.0 Å². The SMILES string of the molecule is CC(Sc1ccc(NC(=O)c2cccc3cccc(C(=O)O)c23)cc1)C(=O)Nc1ccc(F)cc1. The van der Waals surface area contributed by atoms with Crippen molar-refractivity contribution in [2.45, 2.75) is 17.1 Å². The number of halogens is 1. The minimum Gasteiger partial charge on any atom is -0.478 e. The standard InChI is InChI=1S/C27H21FN2O4S/c1-16(25(31)29-19-10-8-18(28)9-11-19)35-21-14-12-20(13-15-21)30-26(32)22-6-2-4-17-5-3-7-23(24(17)22)27(33)34/h2-16H,1H3,(H,29,31)(H,30,32)(H,33,34). The largest absolute Gasteiger partial charge is 0.478 e. The van der Waals surface area contributed by atoms with Crippen molar-refractivity contribution < 1.29 is 23.9 Å². The van der Waals surface area contributed by atoms with Crippen molar-refractivity contribution in [1.29, 1.82) is 0 Å².